The average molecular weight is 423 g/mol. The highest BCUT2D eigenvalue weighted by molar-refractivity contribution is 6.33. The highest BCUT2D eigenvalue weighted by atomic mass is 35.5. The van der Waals surface area contributed by atoms with Gasteiger partial charge in [0.1, 0.15) is 0 Å². The predicted molar refractivity (Wildman–Crippen MR) is 111 cm³/mol. The Bertz CT molecular complexity index is 1180. The van der Waals surface area contributed by atoms with Crippen LogP contribution in [0.1, 0.15) is 22.5 Å². The van der Waals surface area contributed by atoms with Crippen molar-refractivity contribution < 1.29 is 9.05 Å². The van der Waals surface area contributed by atoms with Gasteiger partial charge in [-0.25, -0.2) is 9.97 Å². The number of aromatic nitrogens is 4. The minimum absolute atomic E-state index is 0.335. The second-order valence-electron chi connectivity index (χ2n) is 6.60. The van der Waals surface area contributed by atoms with Crippen molar-refractivity contribution in [2.75, 3.05) is 24.7 Å². The van der Waals surface area contributed by atoms with Gasteiger partial charge in [0.05, 0.1) is 32.2 Å². The van der Waals surface area contributed by atoms with Gasteiger partial charge < -0.3 is 19.7 Å². The number of fused-ring (bicyclic) bond motifs is 2. The third-order valence-electron chi connectivity index (χ3n) is 4.36. The van der Waals surface area contributed by atoms with Crippen molar-refractivity contribution in [3.63, 3.8) is 0 Å². The zero-order valence-corrected chi connectivity index (χ0v) is 17.9. The van der Waals surface area contributed by atoms with Crippen LogP contribution in [0.5, 0.6) is 0 Å². The third-order valence-corrected chi connectivity index (χ3v) is 5.48. The maximum Gasteiger partial charge on any atom is 0.260 e. The quantitative estimate of drug-likeness (QED) is 0.472. The topological polar surface area (TPSA) is 107 Å². The first-order valence-corrected chi connectivity index (χ1v) is 9.16. The Kier molecular flexibility index (Phi) is 5.36. The lowest BCUT2D eigenvalue weighted by atomic mass is 10.2. The first-order valence-electron chi connectivity index (χ1n) is 8.40. The van der Waals surface area contributed by atoms with E-state index < -0.39 is 0 Å². The molecular formula is C18H20Cl2N6O2. The fourth-order valence-electron chi connectivity index (χ4n) is 2.87. The lowest BCUT2D eigenvalue weighted by Gasteiger charge is -2.09. The molecule has 148 valence electrons. The van der Waals surface area contributed by atoms with Gasteiger partial charge in [0.15, 0.2) is 11.6 Å². The van der Waals surface area contributed by atoms with E-state index in [0.29, 0.717) is 32.7 Å². The summed E-state index contributed by atoms with van der Waals surface area (Å²) in [4.78, 5) is 10.2. The summed E-state index contributed by atoms with van der Waals surface area (Å²) in [5.74, 6) is 1.10. The molecule has 10 heteroatoms. The van der Waals surface area contributed by atoms with Crippen molar-refractivity contribution in [3.8, 4) is 0 Å². The van der Waals surface area contributed by atoms with Crippen LogP contribution >= 0.6 is 23.2 Å². The lowest BCUT2D eigenvalue weighted by Crippen LogP contribution is -2.09. The normalized spacial score (nSPS) is 11.0. The molecule has 4 heterocycles. The Hall–Kier alpha value is -2.58. The number of rotatable bonds is 1. The van der Waals surface area contributed by atoms with Crippen LogP contribution in [-0.2, 0) is 0 Å². The van der Waals surface area contributed by atoms with E-state index in [4.69, 9.17) is 38.0 Å². The molecule has 0 unspecified atom stereocenters. The van der Waals surface area contributed by atoms with E-state index >= 15 is 0 Å². The Morgan fingerprint density at radius 2 is 1.25 bits per heavy atom. The largest absolute Gasteiger partial charge is 0.380 e. The molecule has 4 aromatic rings. The minimum Gasteiger partial charge on any atom is -0.380 e. The first-order chi connectivity index (χ1) is 13.1. The molecule has 0 fully saturated rings. The second-order valence-corrected chi connectivity index (χ2v) is 7.36. The third kappa shape index (κ3) is 3.33. The lowest BCUT2D eigenvalue weighted by molar-refractivity contribution is 0.449. The number of nitrogens with two attached hydrogens (primary N) is 1. The van der Waals surface area contributed by atoms with E-state index in [1.807, 2.05) is 46.7 Å². The van der Waals surface area contributed by atoms with Gasteiger partial charge in [-0.1, -0.05) is 33.5 Å². The van der Waals surface area contributed by atoms with Gasteiger partial charge in [-0.2, -0.15) is 0 Å². The molecule has 4 aromatic heterocycles. The molecule has 0 spiro atoms. The molecule has 0 aliphatic rings. The number of halogens is 2. The predicted octanol–water partition coefficient (Wildman–Crippen LogP) is 4.63. The molecule has 0 aliphatic heterocycles. The summed E-state index contributed by atoms with van der Waals surface area (Å²) >= 11 is 12.1. The Morgan fingerprint density at radius 3 is 1.79 bits per heavy atom. The molecule has 0 aliphatic carbocycles. The zero-order valence-electron chi connectivity index (χ0n) is 16.4. The van der Waals surface area contributed by atoms with Gasteiger partial charge in [0.25, 0.3) is 11.4 Å². The maximum atomic E-state index is 6.14. The number of anilines is 2. The zero-order chi connectivity index (χ0) is 20.7. The van der Waals surface area contributed by atoms with E-state index in [-0.39, 0.29) is 0 Å². The van der Waals surface area contributed by atoms with Gasteiger partial charge in [-0.05, 0) is 38.8 Å². The maximum absolute atomic E-state index is 6.14. The Labute approximate surface area is 171 Å². The molecule has 4 rings (SSSR count). The van der Waals surface area contributed by atoms with Crippen LogP contribution in [-0.4, -0.2) is 34.4 Å². The van der Waals surface area contributed by atoms with Crippen molar-refractivity contribution in [3.05, 3.63) is 32.6 Å². The van der Waals surface area contributed by atoms with E-state index in [1.54, 1.807) is 0 Å². The smallest absolute Gasteiger partial charge is 0.260 e. The van der Waals surface area contributed by atoms with Crippen LogP contribution in [0.25, 0.3) is 22.2 Å². The van der Waals surface area contributed by atoms with Crippen molar-refractivity contribution in [2.24, 2.45) is 0 Å². The van der Waals surface area contributed by atoms with Crippen molar-refractivity contribution in [1.29, 1.82) is 0 Å². The molecule has 0 saturated heterocycles. The number of pyridine rings is 2. The summed E-state index contributed by atoms with van der Waals surface area (Å²) in [7, 11) is 3.81. The molecule has 2 N–H and O–H groups in total. The molecule has 0 saturated carbocycles. The van der Waals surface area contributed by atoms with Crippen LogP contribution in [0.3, 0.4) is 0 Å². The molecular weight excluding hydrogens is 403 g/mol. The van der Waals surface area contributed by atoms with Crippen molar-refractivity contribution >= 4 is 57.0 Å². The van der Waals surface area contributed by atoms with Crippen LogP contribution in [0.4, 0.5) is 11.6 Å². The summed E-state index contributed by atoms with van der Waals surface area (Å²) in [6, 6.07) is 0. The Balaban J connectivity index is 0.000000162. The number of nitrogen functional groups attached to an aromatic ring is 1. The summed E-state index contributed by atoms with van der Waals surface area (Å²) in [6.07, 6.45) is 0. The van der Waals surface area contributed by atoms with Gasteiger partial charge in [0.2, 0.25) is 0 Å². The fourth-order valence-corrected chi connectivity index (χ4v) is 3.14. The monoisotopic (exact) mass is 422 g/mol. The molecule has 0 atom stereocenters. The standard InChI is InChI=1S/C10H12ClN3O.C8H8ClN3O/c1-5-7-9(14(3)4)13-15-10(7)12-6(2)8(5)11;1-3-5-7(10)12-13-8(5)11-4(2)6(3)9/h1-4H3;1-2H3,(H2,10,12). The SMILES string of the molecule is Cc1nc2onc(N(C)C)c2c(C)c1Cl.Cc1nc2onc(N)c2c(C)c1Cl. The highest BCUT2D eigenvalue weighted by Gasteiger charge is 2.17. The molecule has 0 amide bonds. The summed E-state index contributed by atoms with van der Waals surface area (Å²) < 4.78 is 10.1. The Morgan fingerprint density at radius 1 is 0.786 bits per heavy atom. The number of hydrogen-bond donors (Lipinski definition) is 1. The summed E-state index contributed by atoms with van der Waals surface area (Å²) in [5, 5.41) is 10.5. The van der Waals surface area contributed by atoms with E-state index in [9.17, 15) is 0 Å². The van der Waals surface area contributed by atoms with Crippen LogP contribution in [0.15, 0.2) is 9.05 Å². The molecule has 8 nitrogen and oxygen atoms in total. The molecule has 28 heavy (non-hydrogen) atoms. The van der Waals surface area contributed by atoms with Crippen molar-refractivity contribution in [2.45, 2.75) is 27.7 Å². The second kappa shape index (κ2) is 7.44. The first kappa shape index (κ1) is 20.2. The van der Waals surface area contributed by atoms with E-state index in [1.165, 1.54) is 0 Å². The van der Waals surface area contributed by atoms with Gasteiger partial charge in [-0.3, -0.25) is 0 Å². The van der Waals surface area contributed by atoms with E-state index in [0.717, 1.165) is 33.7 Å². The molecule has 0 radical (unpaired) electrons. The number of aryl methyl sites for hydroxylation is 4. The van der Waals surface area contributed by atoms with Crippen LogP contribution < -0.4 is 10.6 Å². The van der Waals surface area contributed by atoms with E-state index in [2.05, 4.69) is 20.3 Å². The van der Waals surface area contributed by atoms with Crippen LogP contribution in [0.2, 0.25) is 10.0 Å². The fraction of sp³-hybridized carbons (Fsp3) is 0.333. The number of nitrogens with zero attached hydrogens (tertiary/aromatic N) is 5. The number of hydrogen-bond acceptors (Lipinski definition) is 8. The molecule has 0 bridgehead atoms. The van der Waals surface area contributed by atoms with Crippen molar-refractivity contribution in [1.82, 2.24) is 20.3 Å². The van der Waals surface area contributed by atoms with Gasteiger partial charge >= 0.3 is 0 Å². The average Bonchev–Trinajstić information content (AvgIpc) is 3.22. The highest BCUT2D eigenvalue weighted by Crippen LogP contribution is 2.32. The van der Waals surface area contributed by atoms with Gasteiger partial charge in [0, 0.05) is 14.1 Å². The summed E-state index contributed by atoms with van der Waals surface area (Å²) in [6.45, 7) is 7.48. The molecule has 0 aromatic carbocycles. The summed E-state index contributed by atoms with van der Waals surface area (Å²) in [5.41, 5.74) is 9.89. The van der Waals surface area contributed by atoms with Gasteiger partial charge in [-0.15, -0.1) is 0 Å². The van der Waals surface area contributed by atoms with Crippen LogP contribution in [0, 0.1) is 27.7 Å². The minimum atomic E-state index is 0.335.